The molecule has 0 fully saturated rings. The van der Waals surface area contributed by atoms with E-state index in [0.717, 1.165) is 0 Å². The van der Waals surface area contributed by atoms with Crippen molar-refractivity contribution >= 4 is 5.97 Å². The molecule has 0 unspecified atom stereocenters. The fourth-order valence-electron chi connectivity index (χ4n) is 1.14. The molecular formula is C8H19N3O5. The monoisotopic (exact) mass is 237 g/mol. The maximum absolute atomic E-state index is 11.1. The first-order valence-electron chi connectivity index (χ1n) is 4.94. The minimum absolute atomic E-state index is 0.0587. The summed E-state index contributed by atoms with van der Waals surface area (Å²) in [6, 6.07) is 0. The molecule has 7 N–H and O–H groups in total. The number of rotatable bonds is 10. The van der Waals surface area contributed by atoms with Crippen LogP contribution in [-0.2, 0) is 4.79 Å². The number of aliphatic carboxylic acids is 1. The van der Waals surface area contributed by atoms with Gasteiger partial charge >= 0.3 is 5.97 Å². The largest absolute Gasteiger partial charge is 0.478 e. The molecule has 0 spiro atoms. The van der Waals surface area contributed by atoms with Gasteiger partial charge in [0.1, 0.15) is 0 Å². The van der Waals surface area contributed by atoms with Crippen LogP contribution in [0.3, 0.4) is 0 Å². The molecule has 0 atom stereocenters. The van der Waals surface area contributed by atoms with Crippen molar-refractivity contribution in [2.24, 2.45) is 0 Å². The van der Waals surface area contributed by atoms with Crippen molar-refractivity contribution < 1.29 is 25.2 Å². The molecule has 8 heteroatoms. The predicted octanol–water partition coefficient (Wildman–Crippen LogP) is -3.53. The Morgan fingerprint density at radius 1 is 0.875 bits per heavy atom. The smallest absolute Gasteiger partial charge is 0.354 e. The zero-order chi connectivity index (χ0) is 12.4. The molecule has 0 aliphatic heterocycles. The lowest BCUT2D eigenvalue weighted by Crippen LogP contribution is -2.72. The minimum Gasteiger partial charge on any atom is -0.478 e. The molecule has 16 heavy (non-hydrogen) atoms. The Morgan fingerprint density at radius 3 is 1.38 bits per heavy atom. The topological polar surface area (TPSA) is 134 Å². The Bertz CT molecular complexity index is 180. The SMILES string of the molecule is O=C(O)C(NCCO)(NCCO)NCCO. The second kappa shape index (κ2) is 8.39. The van der Waals surface area contributed by atoms with Crippen LogP contribution in [0.25, 0.3) is 0 Å². The third-order valence-corrected chi connectivity index (χ3v) is 1.83. The molecule has 0 amide bonds. The molecule has 96 valence electrons. The normalized spacial score (nSPS) is 11.7. The molecule has 0 bridgehead atoms. The zero-order valence-electron chi connectivity index (χ0n) is 8.94. The lowest BCUT2D eigenvalue weighted by atomic mass is 10.3. The number of aliphatic hydroxyl groups excluding tert-OH is 3. The average molecular weight is 237 g/mol. The predicted molar refractivity (Wildman–Crippen MR) is 55.6 cm³/mol. The first-order chi connectivity index (χ1) is 7.63. The van der Waals surface area contributed by atoms with E-state index in [1.807, 2.05) is 0 Å². The van der Waals surface area contributed by atoms with Crippen LogP contribution in [-0.4, -0.2) is 71.6 Å². The summed E-state index contributed by atoms with van der Waals surface area (Å²) in [6.45, 7) is -0.501. The van der Waals surface area contributed by atoms with E-state index in [1.54, 1.807) is 0 Å². The van der Waals surface area contributed by atoms with Crippen LogP contribution in [0.15, 0.2) is 0 Å². The highest BCUT2D eigenvalue weighted by Gasteiger charge is 2.36. The van der Waals surface area contributed by atoms with Gasteiger partial charge in [-0.3, -0.25) is 16.0 Å². The molecule has 0 heterocycles. The molecule has 0 aromatic rings. The van der Waals surface area contributed by atoms with Gasteiger partial charge in [0.05, 0.1) is 19.8 Å². The standard InChI is InChI=1S/C8H19N3O5/c12-4-1-9-8(7(15)16,10-2-5-13)11-3-6-14/h9-14H,1-6H2,(H,15,16). The summed E-state index contributed by atoms with van der Waals surface area (Å²) < 4.78 is 0. The molecule has 0 aromatic carbocycles. The Kier molecular flexibility index (Phi) is 7.99. The van der Waals surface area contributed by atoms with Gasteiger partial charge in [-0.1, -0.05) is 0 Å². The zero-order valence-corrected chi connectivity index (χ0v) is 8.94. The van der Waals surface area contributed by atoms with Crippen molar-refractivity contribution in [2.45, 2.75) is 5.79 Å². The summed E-state index contributed by atoms with van der Waals surface area (Å²) in [5.41, 5.74) is 0. The summed E-state index contributed by atoms with van der Waals surface area (Å²) in [4.78, 5) is 11.1. The Labute approximate surface area is 93.3 Å². The van der Waals surface area contributed by atoms with Gasteiger partial charge in [0, 0.05) is 19.6 Å². The fourth-order valence-corrected chi connectivity index (χ4v) is 1.14. The van der Waals surface area contributed by atoms with E-state index in [-0.39, 0.29) is 39.5 Å². The van der Waals surface area contributed by atoms with E-state index < -0.39 is 11.8 Å². The Balaban J connectivity index is 4.52. The van der Waals surface area contributed by atoms with Gasteiger partial charge in [-0.05, 0) is 0 Å². The fraction of sp³-hybridized carbons (Fsp3) is 0.875. The minimum atomic E-state index is -1.66. The summed E-state index contributed by atoms with van der Waals surface area (Å²) in [7, 11) is 0. The van der Waals surface area contributed by atoms with Crippen LogP contribution >= 0.6 is 0 Å². The molecule has 0 rings (SSSR count). The molecule has 0 radical (unpaired) electrons. The first kappa shape index (κ1) is 15.2. The average Bonchev–Trinajstić information content (AvgIpc) is 2.28. The summed E-state index contributed by atoms with van der Waals surface area (Å²) >= 11 is 0. The van der Waals surface area contributed by atoms with Crippen molar-refractivity contribution in [3.05, 3.63) is 0 Å². The number of nitrogens with one attached hydrogen (secondary N) is 3. The van der Waals surface area contributed by atoms with Gasteiger partial charge in [0.25, 0.3) is 0 Å². The van der Waals surface area contributed by atoms with Gasteiger partial charge in [0.15, 0.2) is 0 Å². The van der Waals surface area contributed by atoms with Crippen molar-refractivity contribution in [3.63, 3.8) is 0 Å². The molecule has 0 saturated carbocycles. The molecular weight excluding hydrogens is 218 g/mol. The third kappa shape index (κ3) is 4.84. The van der Waals surface area contributed by atoms with E-state index >= 15 is 0 Å². The summed E-state index contributed by atoms with van der Waals surface area (Å²) in [5.74, 6) is -2.89. The first-order valence-corrected chi connectivity index (χ1v) is 4.94. The molecule has 0 aliphatic rings. The van der Waals surface area contributed by atoms with Crippen LogP contribution < -0.4 is 16.0 Å². The maximum atomic E-state index is 11.1. The molecule has 8 nitrogen and oxygen atoms in total. The summed E-state index contributed by atoms with van der Waals surface area (Å²) in [5, 5.41) is 42.7. The number of carboxylic acids is 1. The highest BCUT2D eigenvalue weighted by molar-refractivity contribution is 5.77. The number of aliphatic hydroxyl groups is 3. The van der Waals surface area contributed by atoms with Crippen molar-refractivity contribution in [3.8, 4) is 0 Å². The van der Waals surface area contributed by atoms with Gasteiger partial charge in [-0.15, -0.1) is 0 Å². The van der Waals surface area contributed by atoms with E-state index in [0.29, 0.717) is 0 Å². The number of carbonyl (C=O) groups is 1. The van der Waals surface area contributed by atoms with Crippen LogP contribution in [0.2, 0.25) is 0 Å². The highest BCUT2D eigenvalue weighted by Crippen LogP contribution is 1.95. The van der Waals surface area contributed by atoms with Gasteiger partial charge in [-0.25, -0.2) is 4.79 Å². The van der Waals surface area contributed by atoms with Gasteiger partial charge < -0.3 is 20.4 Å². The van der Waals surface area contributed by atoms with Crippen molar-refractivity contribution in [1.82, 2.24) is 16.0 Å². The maximum Gasteiger partial charge on any atom is 0.354 e. The second-order valence-electron chi connectivity index (χ2n) is 3.01. The number of carboxylic acid groups (broad SMARTS) is 1. The highest BCUT2D eigenvalue weighted by atomic mass is 16.4. The lowest BCUT2D eigenvalue weighted by molar-refractivity contribution is -0.148. The van der Waals surface area contributed by atoms with Crippen LogP contribution in [0.4, 0.5) is 0 Å². The summed E-state index contributed by atoms with van der Waals surface area (Å²) in [6.07, 6.45) is 0. The molecule has 0 aromatic heterocycles. The molecule has 0 aliphatic carbocycles. The van der Waals surface area contributed by atoms with Gasteiger partial charge in [-0.2, -0.15) is 0 Å². The van der Waals surface area contributed by atoms with Crippen molar-refractivity contribution in [2.75, 3.05) is 39.5 Å². The van der Waals surface area contributed by atoms with E-state index in [1.165, 1.54) is 0 Å². The lowest BCUT2D eigenvalue weighted by Gasteiger charge is -2.32. The number of hydrogen-bond acceptors (Lipinski definition) is 7. The van der Waals surface area contributed by atoms with Crippen LogP contribution in [0.1, 0.15) is 0 Å². The molecule has 0 saturated heterocycles. The second-order valence-corrected chi connectivity index (χ2v) is 3.01. The van der Waals surface area contributed by atoms with E-state index in [4.69, 9.17) is 20.4 Å². The van der Waals surface area contributed by atoms with E-state index in [9.17, 15) is 4.79 Å². The number of hydrogen-bond donors (Lipinski definition) is 7. The Morgan fingerprint density at radius 2 is 1.19 bits per heavy atom. The third-order valence-electron chi connectivity index (χ3n) is 1.83. The quantitative estimate of drug-likeness (QED) is 0.194. The van der Waals surface area contributed by atoms with Crippen molar-refractivity contribution in [1.29, 1.82) is 0 Å². The Hall–Kier alpha value is -0.770. The van der Waals surface area contributed by atoms with E-state index in [2.05, 4.69) is 16.0 Å². The van der Waals surface area contributed by atoms with Crippen LogP contribution in [0, 0.1) is 0 Å². The van der Waals surface area contributed by atoms with Gasteiger partial charge in [0.2, 0.25) is 5.79 Å². The van der Waals surface area contributed by atoms with Crippen LogP contribution in [0.5, 0.6) is 0 Å².